The van der Waals surface area contributed by atoms with Crippen LogP contribution in [-0.4, -0.2) is 95.1 Å². The Morgan fingerprint density at radius 1 is 0.513 bits per heavy atom. The van der Waals surface area contributed by atoms with Gasteiger partial charge in [0, 0.05) is 49.3 Å². The molecule has 4 heteroatoms. The maximum Gasteiger partial charge on any atom is 0.0350 e. The van der Waals surface area contributed by atoms with Gasteiger partial charge in [0.25, 0.3) is 0 Å². The monoisotopic (exact) mass is 545 g/mol. The van der Waals surface area contributed by atoms with Gasteiger partial charge in [0.15, 0.2) is 0 Å². The maximum atomic E-state index is 2.86. The first-order valence-electron chi connectivity index (χ1n) is 17.0. The van der Waals surface area contributed by atoms with Crippen LogP contribution in [0.1, 0.15) is 127 Å². The van der Waals surface area contributed by atoms with Crippen molar-refractivity contribution in [2.75, 3.05) is 52.4 Å². The summed E-state index contributed by atoms with van der Waals surface area (Å²) in [4.78, 5) is 11.0. The number of nitrogens with zero attached hydrogens (tertiary/aromatic N) is 4. The molecule has 0 bridgehead atoms. The van der Waals surface area contributed by atoms with E-state index in [0.29, 0.717) is 21.9 Å². The summed E-state index contributed by atoms with van der Waals surface area (Å²) in [7, 11) is 0. The molecule has 4 saturated heterocycles. The molecule has 4 fully saturated rings. The van der Waals surface area contributed by atoms with E-state index in [4.69, 9.17) is 0 Å². The smallest absolute Gasteiger partial charge is 0.0350 e. The number of likely N-dealkylation sites (tertiary alicyclic amines) is 4. The molecule has 0 amide bonds. The Kier molecular flexibility index (Phi) is 9.95. The fraction of sp³-hybridized carbons (Fsp3) is 1.00. The standard InChI is InChI=1S/C35H68N4/c1-32(2,3)38-23-15-30(16-24-38)36-19-11-28(12-20-36)25-34(7,8)17-18-35(9,10)29-13-21-37(22-14-29)31-26-39(27-31)33(4,5)6/h28-31H,11-27H2,1-10H3. The van der Waals surface area contributed by atoms with Gasteiger partial charge >= 0.3 is 0 Å². The Hall–Kier alpha value is -0.160. The van der Waals surface area contributed by atoms with Crippen molar-refractivity contribution >= 4 is 0 Å². The topological polar surface area (TPSA) is 13.0 Å². The molecule has 0 aromatic carbocycles. The zero-order valence-corrected chi connectivity index (χ0v) is 28.1. The van der Waals surface area contributed by atoms with Crippen molar-refractivity contribution < 1.29 is 0 Å². The second-order valence-electron chi connectivity index (χ2n) is 17.8. The fourth-order valence-electron chi connectivity index (χ4n) is 8.45. The molecule has 0 radical (unpaired) electrons. The first-order valence-corrected chi connectivity index (χ1v) is 17.0. The molecule has 0 aromatic rings. The minimum Gasteiger partial charge on any atom is -0.300 e. The third-order valence-electron chi connectivity index (χ3n) is 11.8. The lowest BCUT2D eigenvalue weighted by Gasteiger charge is -2.53. The highest BCUT2D eigenvalue weighted by Gasteiger charge is 2.41. The van der Waals surface area contributed by atoms with Crippen LogP contribution in [0.5, 0.6) is 0 Å². The van der Waals surface area contributed by atoms with Crippen molar-refractivity contribution in [1.82, 2.24) is 19.6 Å². The van der Waals surface area contributed by atoms with Crippen LogP contribution < -0.4 is 0 Å². The van der Waals surface area contributed by atoms with Gasteiger partial charge in [-0.15, -0.1) is 0 Å². The highest BCUT2D eigenvalue weighted by atomic mass is 15.3. The first kappa shape index (κ1) is 31.8. The lowest BCUT2D eigenvalue weighted by atomic mass is 9.67. The van der Waals surface area contributed by atoms with Gasteiger partial charge in [-0.1, -0.05) is 27.7 Å². The molecule has 0 spiro atoms. The minimum absolute atomic E-state index is 0.333. The summed E-state index contributed by atoms with van der Waals surface area (Å²) >= 11 is 0. The zero-order valence-electron chi connectivity index (χ0n) is 28.1. The summed E-state index contributed by atoms with van der Waals surface area (Å²) in [5, 5.41) is 0. The highest BCUT2D eigenvalue weighted by Crippen LogP contribution is 2.44. The highest BCUT2D eigenvalue weighted by molar-refractivity contribution is 4.96. The van der Waals surface area contributed by atoms with Crippen molar-refractivity contribution in [3.63, 3.8) is 0 Å². The lowest BCUT2D eigenvalue weighted by molar-refractivity contribution is -0.0416. The van der Waals surface area contributed by atoms with Crippen LogP contribution in [0.4, 0.5) is 0 Å². The van der Waals surface area contributed by atoms with Crippen molar-refractivity contribution in [3.05, 3.63) is 0 Å². The van der Waals surface area contributed by atoms with E-state index in [9.17, 15) is 0 Å². The molecule has 0 unspecified atom stereocenters. The average molecular weight is 545 g/mol. The van der Waals surface area contributed by atoms with Crippen LogP contribution in [0.15, 0.2) is 0 Å². The SMILES string of the molecule is CC(C)(CCC(C)(C)C1CCN(C2CN(C(C)(C)C)C2)CC1)CC1CCN(C2CCN(C(C)(C)C)CC2)CC1. The Bertz CT molecular complexity index is 744. The third-order valence-corrected chi connectivity index (χ3v) is 11.8. The molecule has 0 saturated carbocycles. The predicted molar refractivity (Wildman–Crippen MR) is 169 cm³/mol. The Morgan fingerprint density at radius 3 is 1.51 bits per heavy atom. The predicted octanol–water partition coefficient (Wildman–Crippen LogP) is 7.38. The van der Waals surface area contributed by atoms with Crippen molar-refractivity contribution in [3.8, 4) is 0 Å². The molecule has 39 heavy (non-hydrogen) atoms. The third kappa shape index (κ3) is 8.45. The Morgan fingerprint density at radius 2 is 1.00 bits per heavy atom. The minimum atomic E-state index is 0.333. The van der Waals surface area contributed by atoms with Crippen molar-refractivity contribution in [1.29, 1.82) is 0 Å². The summed E-state index contributed by atoms with van der Waals surface area (Å²) in [5.41, 5.74) is 1.63. The number of hydrogen-bond donors (Lipinski definition) is 0. The van der Waals surface area contributed by atoms with E-state index in [1.165, 1.54) is 110 Å². The molecule has 4 nitrogen and oxygen atoms in total. The van der Waals surface area contributed by atoms with E-state index >= 15 is 0 Å². The van der Waals surface area contributed by atoms with Gasteiger partial charge in [-0.3, -0.25) is 14.7 Å². The van der Waals surface area contributed by atoms with E-state index in [2.05, 4.69) is 88.8 Å². The van der Waals surface area contributed by atoms with Gasteiger partial charge < -0.3 is 4.90 Å². The zero-order chi connectivity index (χ0) is 28.6. The molecular weight excluding hydrogens is 476 g/mol. The summed E-state index contributed by atoms with van der Waals surface area (Å²) < 4.78 is 0. The Labute approximate surface area is 244 Å². The number of hydrogen-bond acceptors (Lipinski definition) is 4. The van der Waals surface area contributed by atoms with Crippen LogP contribution in [0.3, 0.4) is 0 Å². The van der Waals surface area contributed by atoms with Gasteiger partial charge in [0.1, 0.15) is 0 Å². The first-order chi connectivity index (χ1) is 18.0. The van der Waals surface area contributed by atoms with Crippen LogP contribution in [-0.2, 0) is 0 Å². The molecule has 0 aliphatic carbocycles. The summed E-state index contributed by atoms with van der Waals surface area (Å²) in [6.45, 7) is 35.0. The van der Waals surface area contributed by atoms with Gasteiger partial charge in [-0.25, -0.2) is 0 Å². The van der Waals surface area contributed by atoms with Gasteiger partial charge in [-0.05, 0) is 148 Å². The molecule has 0 N–H and O–H groups in total. The van der Waals surface area contributed by atoms with Crippen molar-refractivity contribution in [2.45, 2.75) is 150 Å². The van der Waals surface area contributed by atoms with E-state index in [1.54, 1.807) is 0 Å². The van der Waals surface area contributed by atoms with Crippen molar-refractivity contribution in [2.24, 2.45) is 22.7 Å². The summed E-state index contributed by atoms with van der Waals surface area (Å²) in [6.07, 6.45) is 12.7. The molecule has 4 rings (SSSR count). The normalized spacial score (nSPS) is 26.3. The fourth-order valence-corrected chi connectivity index (χ4v) is 8.45. The average Bonchev–Trinajstić information content (AvgIpc) is 2.81. The molecule has 228 valence electrons. The largest absolute Gasteiger partial charge is 0.300 e. The van der Waals surface area contributed by atoms with E-state index < -0.39 is 0 Å². The van der Waals surface area contributed by atoms with Gasteiger partial charge in [-0.2, -0.15) is 0 Å². The van der Waals surface area contributed by atoms with E-state index in [-0.39, 0.29) is 0 Å². The molecule has 4 heterocycles. The van der Waals surface area contributed by atoms with Crippen LogP contribution in [0.2, 0.25) is 0 Å². The second-order valence-corrected chi connectivity index (χ2v) is 17.8. The Balaban J connectivity index is 1.14. The molecular formula is C35H68N4. The maximum absolute atomic E-state index is 2.86. The molecule has 0 atom stereocenters. The number of piperidine rings is 3. The van der Waals surface area contributed by atoms with Crippen LogP contribution in [0, 0.1) is 22.7 Å². The lowest BCUT2D eigenvalue weighted by Crippen LogP contribution is -2.65. The summed E-state index contributed by atoms with van der Waals surface area (Å²) in [6, 6.07) is 1.65. The van der Waals surface area contributed by atoms with Crippen LogP contribution in [0.25, 0.3) is 0 Å². The van der Waals surface area contributed by atoms with E-state index in [1.807, 2.05) is 0 Å². The van der Waals surface area contributed by atoms with Gasteiger partial charge in [0.2, 0.25) is 0 Å². The second kappa shape index (κ2) is 12.2. The van der Waals surface area contributed by atoms with E-state index in [0.717, 1.165) is 23.9 Å². The van der Waals surface area contributed by atoms with Crippen LogP contribution >= 0.6 is 0 Å². The molecule has 0 aromatic heterocycles. The van der Waals surface area contributed by atoms with Gasteiger partial charge in [0.05, 0.1) is 0 Å². The summed E-state index contributed by atoms with van der Waals surface area (Å²) in [5.74, 6) is 1.84. The number of rotatable bonds is 8. The quantitative estimate of drug-likeness (QED) is 0.316. The molecule has 4 aliphatic rings. The molecule has 4 aliphatic heterocycles.